The number of carbonyl (C=O) groups excluding carboxylic acids is 2. The summed E-state index contributed by atoms with van der Waals surface area (Å²) < 4.78 is 56.7. The van der Waals surface area contributed by atoms with E-state index in [9.17, 15) is 48.6 Å². The number of phosphoric ester groups is 2. The predicted molar refractivity (Wildman–Crippen MR) is 285 cm³/mol. The normalized spacial score (nSPS) is 19.9. The molecule has 7 N–H and O–H groups in total. The van der Waals surface area contributed by atoms with Gasteiger partial charge in [0.1, 0.15) is 30.7 Å². The van der Waals surface area contributed by atoms with Crippen LogP contribution in [0, 0.1) is 5.92 Å². The summed E-state index contributed by atoms with van der Waals surface area (Å²) in [6.45, 7) is 4.19. The number of anilines is 1. The Hall–Kier alpha value is -3.58. The number of aliphatic hydroxyl groups is 3. The number of unbranched alkanes of at least 4 members (excludes halogenated alkanes) is 14. The predicted octanol–water partition coefficient (Wildman–Crippen LogP) is 10.3. The topological polar surface area (TPSA) is 286 Å². The van der Waals surface area contributed by atoms with E-state index in [4.69, 9.17) is 29.0 Å². The van der Waals surface area contributed by atoms with Gasteiger partial charge in [-0.05, 0) is 56.9 Å². The zero-order chi connectivity index (χ0) is 54.5. The van der Waals surface area contributed by atoms with Gasteiger partial charge in [0.2, 0.25) is 0 Å². The number of aliphatic hydroxyl groups excluding tert-OH is 3. The largest absolute Gasteiger partial charge is 0.481 e. The first kappa shape index (κ1) is 66.5. The van der Waals surface area contributed by atoms with Gasteiger partial charge in [0.15, 0.2) is 12.3 Å². The minimum absolute atomic E-state index is 0.0863. The lowest BCUT2D eigenvalue weighted by atomic mass is 10.0. The second-order valence-electron chi connectivity index (χ2n) is 19.0. The van der Waals surface area contributed by atoms with E-state index in [0.29, 0.717) is 6.42 Å². The molecule has 0 saturated carbocycles. The van der Waals surface area contributed by atoms with Crippen molar-refractivity contribution >= 4 is 33.4 Å². The SMILES string of the molecule is CC/C=C\C/C=C\C/C=C\C/C=C\C=C\C(O)CCCC(=O)O[C@H](COC(=O)CCCCCCCCCCCCCCCCCC(C)C)COP(=O)(O)OP(=O)(O)OC[C@H]1O[C@@H](n2ccc(N)nc2=O)[C@H](O)[C@@H]1O. The van der Waals surface area contributed by atoms with Crippen molar-refractivity contribution in [2.75, 3.05) is 25.6 Å². The van der Waals surface area contributed by atoms with E-state index in [-0.39, 0.29) is 31.5 Å². The summed E-state index contributed by atoms with van der Waals surface area (Å²) in [5, 5.41) is 31.3. The van der Waals surface area contributed by atoms with Crippen LogP contribution in [0.5, 0.6) is 0 Å². The summed E-state index contributed by atoms with van der Waals surface area (Å²) in [7, 11) is -10.9. The summed E-state index contributed by atoms with van der Waals surface area (Å²) in [6.07, 6.45) is 34.7. The number of aromatic nitrogens is 2. The molecule has 1 saturated heterocycles. The van der Waals surface area contributed by atoms with Gasteiger partial charge in [-0.3, -0.25) is 23.2 Å². The number of nitrogens with two attached hydrogens (primary N) is 1. The minimum atomic E-state index is -5.48. The van der Waals surface area contributed by atoms with E-state index in [1.54, 1.807) is 12.2 Å². The highest BCUT2D eigenvalue weighted by molar-refractivity contribution is 7.61. The van der Waals surface area contributed by atoms with Crippen molar-refractivity contribution in [1.29, 1.82) is 0 Å². The molecule has 422 valence electrons. The van der Waals surface area contributed by atoms with Crippen LogP contribution in [-0.2, 0) is 46.3 Å². The van der Waals surface area contributed by atoms with Gasteiger partial charge in [-0.25, -0.2) is 13.9 Å². The number of carbonyl (C=O) groups is 2. The molecular formula is C53H89N3O16P2. The molecule has 1 aromatic rings. The number of rotatable bonds is 43. The number of nitrogens with zero attached hydrogens (tertiary/aromatic N) is 2. The lowest BCUT2D eigenvalue weighted by molar-refractivity contribution is -0.161. The first-order chi connectivity index (χ1) is 35.4. The van der Waals surface area contributed by atoms with Crippen LogP contribution in [0.3, 0.4) is 0 Å². The first-order valence-electron chi connectivity index (χ1n) is 26.8. The van der Waals surface area contributed by atoms with Crippen LogP contribution in [0.15, 0.2) is 77.8 Å². The quantitative estimate of drug-likeness (QED) is 0.0117. The van der Waals surface area contributed by atoms with Gasteiger partial charge in [-0.1, -0.05) is 178 Å². The zero-order valence-corrected chi connectivity index (χ0v) is 45.9. The molecule has 21 heteroatoms. The summed E-state index contributed by atoms with van der Waals surface area (Å²) in [6, 6.07) is 1.24. The van der Waals surface area contributed by atoms with Gasteiger partial charge in [0.25, 0.3) is 0 Å². The summed E-state index contributed by atoms with van der Waals surface area (Å²) in [5.74, 6) is -0.713. The van der Waals surface area contributed by atoms with Gasteiger partial charge in [-0.15, -0.1) is 0 Å². The van der Waals surface area contributed by atoms with Gasteiger partial charge in [-0.2, -0.15) is 9.29 Å². The van der Waals surface area contributed by atoms with Gasteiger partial charge < -0.3 is 45.1 Å². The lowest BCUT2D eigenvalue weighted by Gasteiger charge is -2.21. The Kier molecular flexibility index (Phi) is 35.7. The molecule has 8 atom stereocenters. The fourth-order valence-corrected chi connectivity index (χ4v) is 9.87. The van der Waals surface area contributed by atoms with Crippen LogP contribution in [-0.4, -0.2) is 96.9 Å². The zero-order valence-electron chi connectivity index (χ0n) is 44.2. The number of hydrogen-bond donors (Lipinski definition) is 6. The monoisotopic (exact) mass is 1090 g/mol. The van der Waals surface area contributed by atoms with Crippen molar-refractivity contribution in [2.45, 2.75) is 212 Å². The highest BCUT2D eigenvalue weighted by Gasteiger charge is 2.46. The molecule has 2 rings (SSSR count). The second-order valence-corrected chi connectivity index (χ2v) is 22.1. The van der Waals surface area contributed by atoms with Gasteiger partial charge >= 0.3 is 33.3 Å². The average Bonchev–Trinajstić information content (AvgIpc) is 3.62. The second kappa shape index (κ2) is 39.7. The van der Waals surface area contributed by atoms with Crippen molar-refractivity contribution in [3.63, 3.8) is 0 Å². The molecule has 0 aromatic carbocycles. The maximum Gasteiger partial charge on any atom is 0.481 e. The van der Waals surface area contributed by atoms with Crippen LogP contribution < -0.4 is 11.4 Å². The standard InChI is InChI=1S/C53H89N3O16P2/c1-4-5-6-7-8-9-10-14-18-21-24-27-30-34-44(57)35-32-37-49(59)70-45(40-67-48(58)36-31-28-25-22-19-16-13-11-12-15-17-20-23-26-29-33-43(2)3)41-68-73(63,64)72-74(65,66)69-42-46-50(60)51(61)52(71-46)56-39-38-47(54)55-53(56)62/h5-6,8-9,14,18,24,27,30,34,38-39,43-46,50-52,57,60-61H,4,7,10-13,15-17,19-23,25-26,28-29,31-33,35-37,40-42H2,1-3H3,(H,63,64)(H,65,66)(H2,54,55,62)/b6-5-,9-8-,18-14-,27-24-,34-30+/t44?,45-,46-,50-,51-,52-/m1/s1. The molecule has 0 radical (unpaired) electrons. The molecule has 0 spiro atoms. The molecule has 1 fully saturated rings. The van der Waals surface area contributed by atoms with E-state index in [1.807, 2.05) is 18.2 Å². The highest BCUT2D eigenvalue weighted by atomic mass is 31.3. The molecule has 1 aromatic heterocycles. The third-order valence-corrected chi connectivity index (χ3v) is 14.5. The lowest BCUT2D eigenvalue weighted by Crippen LogP contribution is -2.36. The maximum atomic E-state index is 12.9. The molecule has 19 nitrogen and oxygen atoms in total. The summed E-state index contributed by atoms with van der Waals surface area (Å²) >= 11 is 0. The summed E-state index contributed by atoms with van der Waals surface area (Å²) in [5.41, 5.74) is 4.57. The Morgan fingerprint density at radius 2 is 1.27 bits per heavy atom. The number of phosphoric acid groups is 2. The Morgan fingerprint density at radius 3 is 1.85 bits per heavy atom. The highest BCUT2D eigenvalue weighted by Crippen LogP contribution is 2.60. The summed E-state index contributed by atoms with van der Waals surface area (Å²) in [4.78, 5) is 62.0. The number of ether oxygens (including phenoxy) is 3. The fraction of sp³-hybridized carbons (Fsp3) is 0.698. The average molecular weight is 1090 g/mol. The maximum absolute atomic E-state index is 12.9. The van der Waals surface area contributed by atoms with Crippen LogP contribution in [0.4, 0.5) is 5.82 Å². The van der Waals surface area contributed by atoms with Gasteiger partial charge in [0, 0.05) is 19.0 Å². The smallest absolute Gasteiger partial charge is 0.462 e. The number of esters is 2. The van der Waals surface area contributed by atoms with E-state index >= 15 is 0 Å². The first-order valence-corrected chi connectivity index (χ1v) is 29.8. The van der Waals surface area contributed by atoms with Crippen molar-refractivity contribution in [3.05, 3.63) is 83.5 Å². The molecule has 0 aliphatic carbocycles. The van der Waals surface area contributed by atoms with Crippen LogP contribution in [0.2, 0.25) is 0 Å². The van der Waals surface area contributed by atoms with Crippen LogP contribution >= 0.6 is 15.6 Å². The minimum Gasteiger partial charge on any atom is -0.462 e. The van der Waals surface area contributed by atoms with Crippen molar-refractivity contribution in [3.8, 4) is 0 Å². The Bertz CT molecular complexity index is 2010. The molecular weight excluding hydrogens is 997 g/mol. The third-order valence-electron chi connectivity index (χ3n) is 11.9. The van der Waals surface area contributed by atoms with Crippen molar-refractivity contribution in [1.82, 2.24) is 9.55 Å². The van der Waals surface area contributed by atoms with E-state index in [1.165, 1.54) is 76.7 Å². The molecule has 0 amide bonds. The number of allylic oxidation sites excluding steroid dienone is 9. The third kappa shape index (κ3) is 32.8. The Morgan fingerprint density at radius 1 is 0.730 bits per heavy atom. The molecule has 2 heterocycles. The molecule has 1 aliphatic heterocycles. The van der Waals surface area contributed by atoms with Crippen molar-refractivity contribution < 1.29 is 71.4 Å². The molecule has 1 aliphatic rings. The van der Waals surface area contributed by atoms with Gasteiger partial charge in [0.05, 0.1) is 19.3 Å². The molecule has 3 unspecified atom stereocenters. The molecule has 0 bridgehead atoms. The Balaban J connectivity index is 1.83. The van der Waals surface area contributed by atoms with E-state index in [0.717, 1.165) is 68.0 Å². The number of hydrogen-bond acceptors (Lipinski definition) is 16. The Labute approximate surface area is 439 Å². The van der Waals surface area contributed by atoms with E-state index < -0.39 is 89.8 Å². The van der Waals surface area contributed by atoms with Crippen LogP contribution in [0.25, 0.3) is 0 Å². The molecule has 74 heavy (non-hydrogen) atoms. The van der Waals surface area contributed by atoms with Crippen LogP contribution in [0.1, 0.15) is 181 Å². The number of nitrogen functional groups attached to an aromatic ring is 1. The fourth-order valence-electron chi connectivity index (χ4n) is 7.76. The van der Waals surface area contributed by atoms with E-state index in [2.05, 4.69) is 60.4 Å². The van der Waals surface area contributed by atoms with Crippen molar-refractivity contribution in [2.24, 2.45) is 5.92 Å².